The quantitative estimate of drug-likeness (QED) is 0.513. The van der Waals surface area contributed by atoms with Gasteiger partial charge in [0.1, 0.15) is 6.04 Å². The maximum atomic E-state index is 12.5. The molecule has 8 nitrogen and oxygen atoms in total. The predicted octanol–water partition coefficient (Wildman–Crippen LogP) is 1.47. The molecule has 1 N–H and O–H groups in total. The number of nitrogens with one attached hydrogen (secondary N) is 1. The molecule has 9 heteroatoms. The third kappa shape index (κ3) is 2.94. The molecule has 2 aliphatic rings. The molecule has 2 heterocycles. The van der Waals surface area contributed by atoms with Gasteiger partial charge in [-0.05, 0) is 31.0 Å². The Labute approximate surface area is 128 Å². The van der Waals surface area contributed by atoms with Crippen LogP contribution in [0.5, 0.6) is 0 Å². The van der Waals surface area contributed by atoms with E-state index in [9.17, 15) is 8.42 Å². The lowest BCUT2D eigenvalue weighted by atomic mass is 10.0. The van der Waals surface area contributed by atoms with Crippen LogP contribution < -0.4 is 4.72 Å². The second kappa shape index (κ2) is 5.86. The van der Waals surface area contributed by atoms with Gasteiger partial charge in [0.25, 0.3) is 0 Å². The summed E-state index contributed by atoms with van der Waals surface area (Å²) in [5, 5.41) is 3.64. The van der Waals surface area contributed by atoms with Gasteiger partial charge in [0.05, 0.1) is 17.6 Å². The molecule has 3 rings (SSSR count). The molecule has 22 heavy (non-hydrogen) atoms. The lowest BCUT2D eigenvalue weighted by molar-refractivity contribution is -0.101. The van der Waals surface area contributed by atoms with E-state index < -0.39 is 28.4 Å². The Kier molecular flexibility index (Phi) is 4.07. The molecule has 1 aromatic carbocycles. The standard InChI is InChI=1S/C13H16N4O4S/c1-8-2-4-10(5-3-8)22(18,19)16-11-6-9-7-20-13(21-9)12(11)15-17-14/h2-5,9,11-13,16H,6-7H2,1H3/t9-,11-,12+,13+/m0/s1. The van der Waals surface area contributed by atoms with Gasteiger partial charge in [0.2, 0.25) is 10.0 Å². The van der Waals surface area contributed by atoms with Crippen molar-refractivity contribution in [3.8, 4) is 0 Å². The van der Waals surface area contributed by atoms with Crippen LogP contribution >= 0.6 is 0 Å². The summed E-state index contributed by atoms with van der Waals surface area (Å²) in [7, 11) is -3.69. The zero-order valence-electron chi connectivity index (χ0n) is 11.9. The number of nitrogens with zero attached hydrogens (tertiary/aromatic N) is 3. The highest BCUT2D eigenvalue weighted by molar-refractivity contribution is 7.89. The molecule has 2 aliphatic heterocycles. The Morgan fingerprint density at radius 2 is 2.09 bits per heavy atom. The van der Waals surface area contributed by atoms with Crippen molar-refractivity contribution < 1.29 is 17.9 Å². The van der Waals surface area contributed by atoms with Crippen LogP contribution in [0.15, 0.2) is 34.3 Å². The minimum Gasteiger partial charge on any atom is -0.349 e. The second-order valence-electron chi connectivity index (χ2n) is 5.43. The number of hydrogen-bond donors (Lipinski definition) is 1. The van der Waals surface area contributed by atoms with Crippen molar-refractivity contribution in [1.29, 1.82) is 0 Å². The maximum Gasteiger partial charge on any atom is 0.240 e. The number of ether oxygens (including phenoxy) is 2. The molecule has 0 spiro atoms. The van der Waals surface area contributed by atoms with Gasteiger partial charge in [-0.25, -0.2) is 13.1 Å². The molecule has 2 bridgehead atoms. The van der Waals surface area contributed by atoms with E-state index in [2.05, 4.69) is 14.7 Å². The van der Waals surface area contributed by atoms with Crippen LogP contribution in [-0.4, -0.2) is 39.5 Å². The van der Waals surface area contributed by atoms with Crippen LogP contribution in [0.1, 0.15) is 12.0 Å². The molecule has 0 radical (unpaired) electrons. The van der Waals surface area contributed by atoms with Crippen molar-refractivity contribution in [3.05, 3.63) is 40.3 Å². The first-order valence-electron chi connectivity index (χ1n) is 6.90. The first-order valence-corrected chi connectivity index (χ1v) is 8.38. The average molecular weight is 324 g/mol. The highest BCUT2D eigenvalue weighted by atomic mass is 32.2. The first kappa shape index (κ1) is 15.3. The maximum absolute atomic E-state index is 12.5. The number of fused-ring (bicyclic) bond motifs is 2. The highest BCUT2D eigenvalue weighted by Gasteiger charge is 2.45. The molecule has 4 atom stereocenters. The minimum absolute atomic E-state index is 0.178. The number of sulfonamides is 1. The number of hydrogen-bond acceptors (Lipinski definition) is 5. The number of azide groups is 1. The second-order valence-corrected chi connectivity index (χ2v) is 7.15. The van der Waals surface area contributed by atoms with Gasteiger partial charge < -0.3 is 9.47 Å². The molecule has 0 aliphatic carbocycles. The van der Waals surface area contributed by atoms with Crippen molar-refractivity contribution in [2.45, 2.75) is 42.7 Å². The smallest absolute Gasteiger partial charge is 0.240 e. The van der Waals surface area contributed by atoms with E-state index in [-0.39, 0.29) is 11.0 Å². The molecule has 2 saturated heterocycles. The Morgan fingerprint density at radius 1 is 1.36 bits per heavy atom. The molecular weight excluding hydrogens is 308 g/mol. The van der Waals surface area contributed by atoms with Gasteiger partial charge in [-0.2, -0.15) is 0 Å². The molecule has 0 saturated carbocycles. The average Bonchev–Trinajstić information content (AvgIpc) is 2.86. The Bertz CT molecular complexity index is 699. The predicted molar refractivity (Wildman–Crippen MR) is 77.5 cm³/mol. The van der Waals surface area contributed by atoms with Crippen LogP contribution in [0.3, 0.4) is 0 Å². The monoisotopic (exact) mass is 324 g/mol. The molecular formula is C13H16N4O4S. The van der Waals surface area contributed by atoms with Crippen molar-refractivity contribution >= 4 is 10.0 Å². The summed E-state index contributed by atoms with van der Waals surface area (Å²) in [6.07, 6.45) is -0.466. The van der Waals surface area contributed by atoms with E-state index in [0.717, 1.165) is 5.56 Å². The first-order chi connectivity index (χ1) is 10.5. The Hall–Kier alpha value is -1.64. The topological polar surface area (TPSA) is 113 Å². The molecule has 0 amide bonds. The van der Waals surface area contributed by atoms with Gasteiger partial charge in [0.15, 0.2) is 6.29 Å². The van der Waals surface area contributed by atoms with Crippen LogP contribution in [0.2, 0.25) is 0 Å². The Morgan fingerprint density at radius 3 is 2.77 bits per heavy atom. The van der Waals surface area contributed by atoms with Crippen LogP contribution in [0, 0.1) is 6.92 Å². The fourth-order valence-electron chi connectivity index (χ4n) is 2.68. The molecule has 2 fully saturated rings. The summed E-state index contributed by atoms with van der Waals surface area (Å²) in [5.74, 6) is 0. The fourth-order valence-corrected chi connectivity index (χ4v) is 3.95. The van der Waals surface area contributed by atoms with Crippen LogP contribution in [0.4, 0.5) is 0 Å². The van der Waals surface area contributed by atoms with Crippen molar-refractivity contribution in [3.63, 3.8) is 0 Å². The summed E-state index contributed by atoms with van der Waals surface area (Å²) in [6.45, 7) is 2.26. The minimum atomic E-state index is -3.69. The fraction of sp³-hybridized carbons (Fsp3) is 0.538. The highest BCUT2D eigenvalue weighted by Crippen LogP contribution is 2.30. The molecule has 0 unspecified atom stereocenters. The summed E-state index contributed by atoms with van der Waals surface area (Å²) in [4.78, 5) is 2.95. The third-order valence-electron chi connectivity index (χ3n) is 3.80. The zero-order chi connectivity index (χ0) is 15.7. The van der Waals surface area contributed by atoms with Crippen molar-refractivity contribution in [1.82, 2.24) is 4.72 Å². The van der Waals surface area contributed by atoms with Gasteiger partial charge in [-0.3, -0.25) is 0 Å². The summed E-state index contributed by atoms with van der Waals surface area (Å²) >= 11 is 0. The lowest BCUT2D eigenvalue weighted by Crippen LogP contribution is -2.51. The number of rotatable bonds is 4. The number of benzene rings is 1. The van der Waals surface area contributed by atoms with Gasteiger partial charge in [-0.1, -0.05) is 22.8 Å². The van der Waals surface area contributed by atoms with Gasteiger partial charge in [0, 0.05) is 11.0 Å². The molecule has 1 aromatic rings. The van der Waals surface area contributed by atoms with E-state index in [1.165, 1.54) is 0 Å². The molecule has 118 valence electrons. The van der Waals surface area contributed by atoms with Crippen molar-refractivity contribution in [2.24, 2.45) is 5.11 Å². The van der Waals surface area contributed by atoms with Gasteiger partial charge >= 0.3 is 0 Å². The van der Waals surface area contributed by atoms with Crippen LogP contribution in [-0.2, 0) is 19.5 Å². The third-order valence-corrected chi connectivity index (χ3v) is 5.31. The van der Waals surface area contributed by atoms with Gasteiger partial charge in [-0.15, -0.1) is 0 Å². The SMILES string of the molecule is Cc1ccc(S(=O)(=O)N[C@H]2C[C@H]3CO[C@H](O3)[C@@H]2N=[N+]=[N-])cc1. The summed E-state index contributed by atoms with van der Waals surface area (Å²) in [6, 6.07) is 5.29. The largest absolute Gasteiger partial charge is 0.349 e. The zero-order valence-corrected chi connectivity index (χ0v) is 12.7. The summed E-state index contributed by atoms with van der Waals surface area (Å²) in [5.41, 5.74) is 9.65. The normalized spacial score (nSPS) is 30.8. The number of aryl methyl sites for hydroxylation is 1. The van der Waals surface area contributed by atoms with Crippen LogP contribution in [0.25, 0.3) is 10.4 Å². The van der Waals surface area contributed by atoms with E-state index in [1.807, 2.05) is 6.92 Å². The lowest BCUT2D eigenvalue weighted by Gasteiger charge is -2.32. The van der Waals surface area contributed by atoms with E-state index in [4.69, 9.17) is 15.0 Å². The molecule has 0 aromatic heterocycles. The Balaban J connectivity index is 1.83. The van der Waals surface area contributed by atoms with E-state index in [0.29, 0.717) is 13.0 Å². The van der Waals surface area contributed by atoms with E-state index >= 15 is 0 Å². The summed E-state index contributed by atoms with van der Waals surface area (Å²) < 4.78 is 38.4. The van der Waals surface area contributed by atoms with Crippen molar-refractivity contribution in [2.75, 3.05) is 6.61 Å². The van der Waals surface area contributed by atoms with E-state index in [1.54, 1.807) is 24.3 Å².